The molecular weight excluding hydrogens is 270 g/mol. The highest BCUT2D eigenvalue weighted by Gasteiger charge is 2.25. The fraction of sp³-hybridized carbons (Fsp3) is 0.833. The van der Waals surface area contributed by atoms with Crippen molar-refractivity contribution in [3.05, 3.63) is 11.7 Å². The minimum atomic E-state index is -2.80. The van der Waals surface area contributed by atoms with Crippen LogP contribution in [-0.2, 0) is 12.8 Å². The number of nitrogens with zero attached hydrogens (tertiary/aromatic N) is 4. The number of rotatable bonds is 5. The summed E-state index contributed by atoms with van der Waals surface area (Å²) in [7, 11) is 4.10. The van der Waals surface area contributed by atoms with Crippen molar-refractivity contribution in [3.8, 4) is 0 Å². The molecule has 0 aromatic carbocycles. The Bertz CT molecular complexity index is 429. The molecule has 1 fully saturated rings. The highest BCUT2D eigenvalue weighted by atomic mass is 19.3. The largest absolute Gasteiger partial charge is 0.387 e. The predicted octanol–water partition coefficient (Wildman–Crippen LogP) is 0.0264. The number of aliphatic hydroxyl groups excluding tert-OH is 1. The van der Waals surface area contributed by atoms with E-state index in [2.05, 4.69) is 27.0 Å². The molecule has 6 nitrogen and oxygen atoms in total. The van der Waals surface area contributed by atoms with Gasteiger partial charge < -0.3 is 19.4 Å². The van der Waals surface area contributed by atoms with Gasteiger partial charge >= 0.3 is 0 Å². The molecular formula is C12H20F2N4O2. The van der Waals surface area contributed by atoms with Crippen LogP contribution in [0.5, 0.6) is 0 Å². The summed E-state index contributed by atoms with van der Waals surface area (Å²) in [4.78, 5) is 8.52. The Kier molecular flexibility index (Phi) is 5.00. The first-order valence-corrected chi connectivity index (χ1v) is 6.62. The standard InChI is InChI=1S/C12H20F2N4O2/c1-17-3-4-18(2)8(7-17)5-10-15-11(20-16-10)6-9(19)12(13)14/h8-9,12,19H,3-7H2,1-2H3. The van der Waals surface area contributed by atoms with E-state index >= 15 is 0 Å². The van der Waals surface area contributed by atoms with Crippen LogP contribution < -0.4 is 0 Å². The molecule has 1 aliphatic heterocycles. The van der Waals surface area contributed by atoms with Gasteiger partial charge in [-0.3, -0.25) is 0 Å². The van der Waals surface area contributed by atoms with E-state index in [1.165, 1.54) is 0 Å². The molecule has 0 saturated carbocycles. The van der Waals surface area contributed by atoms with Crippen molar-refractivity contribution in [2.45, 2.75) is 31.4 Å². The zero-order valence-corrected chi connectivity index (χ0v) is 11.7. The lowest BCUT2D eigenvalue weighted by molar-refractivity contribution is -0.00754. The number of hydrogen-bond acceptors (Lipinski definition) is 6. The monoisotopic (exact) mass is 290 g/mol. The average Bonchev–Trinajstić information content (AvgIpc) is 2.81. The van der Waals surface area contributed by atoms with Crippen molar-refractivity contribution in [3.63, 3.8) is 0 Å². The van der Waals surface area contributed by atoms with Crippen molar-refractivity contribution in [1.29, 1.82) is 0 Å². The van der Waals surface area contributed by atoms with Gasteiger partial charge in [0.2, 0.25) is 5.89 Å². The van der Waals surface area contributed by atoms with Crippen molar-refractivity contribution < 1.29 is 18.4 Å². The molecule has 1 saturated heterocycles. The summed E-state index contributed by atoms with van der Waals surface area (Å²) in [6, 6.07) is 0.277. The summed E-state index contributed by atoms with van der Waals surface area (Å²) in [6.45, 7) is 2.89. The quantitative estimate of drug-likeness (QED) is 0.825. The zero-order valence-electron chi connectivity index (χ0n) is 11.7. The van der Waals surface area contributed by atoms with Crippen LogP contribution in [0, 0.1) is 0 Å². The Labute approximate surface area is 116 Å². The highest BCUT2D eigenvalue weighted by Crippen LogP contribution is 2.12. The second kappa shape index (κ2) is 6.55. The second-order valence-electron chi connectivity index (χ2n) is 5.31. The first-order chi connectivity index (χ1) is 9.45. The molecule has 2 heterocycles. The maximum absolute atomic E-state index is 12.2. The SMILES string of the molecule is CN1CCN(C)C(Cc2noc(CC(O)C(F)F)n2)C1. The van der Waals surface area contributed by atoms with Gasteiger partial charge in [0, 0.05) is 32.1 Å². The van der Waals surface area contributed by atoms with Gasteiger partial charge in [-0.2, -0.15) is 4.98 Å². The van der Waals surface area contributed by atoms with Gasteiger partial charge in [-0.1, -0.05) is 5.16 Å². The molecule has 0 radical (unpaired) electrons. The number of alkyl halides is 2. The molecule has 0 amide bonds. The number of aromatic nitrogens is 2. The van der Waals surface area contributed by atoms with Gasteiger partial charge in [0.05, 0.1) is 6.42 Å². The number of aliphatic hydroxyl groups is 1. The zero-order chi connectivity index (χ0) is 14.7. The third kappa shape index (κ3) is 3.94. The summed E-state index contributed by atoms with van der Waals surface area (Å²) in [6.07, 6.45) is -4.27. The molecule has 8 heteroatoms. The predicted molar refractivity (Wildman–Crippen MR) is 67.6 cm³/mol. The molecule has 1 aromatic rings. The van der Waals surface area contributed by atoms with Crippen LogP contribution >= 0.6 is 0 Å². The highest BCUT2D eigenvalue weighted by molar-refractivity contribution is 4.94. The van der Waals surface area contributed by atoms with Crippen LogP contribution in [0.4, 0.5) is 8.78 Å². The van der Waals surface area contributed by atoms with Crippen LogP contribution in [-0.4, -0.2) is 77.3 Å². The third-order valence-corrected chi connectivity index (χ3v) is 3.58. The molecule has 2 rings (SSSR count). The van der Waals surface area contributed by atoms with Gasteiger partial charge in [0.25, 0.3) is 6.43 Å². The molecule has 0 spiro atoms. The second-order valence-corrected chi connectivity index (χ2v) is 5.31. The summed E-state index contributed by atoms with van der Waals surface area (Å²) in [5, 5.41) is 12.9. The topological polar surface area (TPSA) is 65.6 Å². The summed E-state index contributed by atoms with van der Waals surface area (Å²) < 4.78 is 29.4. The number of piperazine rings is 1. The van der Waals surface area contributed by atoms with Crippen molar-refractivity contribution in [2.75, 3.05) is 33.7 Å². The average molecular weight is 290 g/mol. The van der Waals surface area contributed by atoms with Gasteiger partial charge in [-0.15, -0.1) is 0 Å². The maximum atomic E-state index is 12.2. The maximum Gasteiger partial charge on any atom is 0.264 e. The number of likely N-dealkylation sites (N-methyl/N-ethyl adjacent to an activating group) is 2. The molecule has 2 atom stereocenters. The Hall–Kier alpha value is -1.12. The fourth-order valence-corrected chi connectivity index (χ4v) is 2.26. The third-order valence-electron chi connectivity index (χ3n) is 3.58. The Morgan fingerprint density at radius 1 is 1.40 bits per heavy atom. The van der Waals surface area contributed by atoms with Gasteiger partial charge in [0.1, 0.15) is 6.10 Å². The van der Waals surface area contributed by atoms with Crippen molar-refractivity contribution >= 4 is 0 Å². The molecule has 20 heavy (non-hydrogen) atoms. The molecule has 0 aliphatic carbocycles. The summed E-state index contributed by atoms with van der Waals surface area (Å²) in [5.41, 5.74) is 0. The van der Waals surface area contributed by atoms with Crippen LogP contribution in [0.3, 0.4) is 0 Å². The molecule has 2 unspecified atom stereocenters. The molecule has 1 aromatic heterocycles. The van der Waals surface area contributed by atoms with E-state index in [-0.39, 0.29) is 18.4 Å². The number of hydrogen-bond donors (Lipinski definition) is 1. The number of halogens is 2. The van der Waals surface area contributed by atoms with E-state index in [1.54, 1.807) is 0 Å². The summed E-state index contributed by atoms with van der Waals surface area (Å²) in [5.74, 6) is 0.549. The Morgan fingerprint density at radius 3 is 2.85 bits per heavy atom. The Balaban J connectivity index is 1.92. The van der Waals surface area contributed by atoms with E-state index in [9.17, 15) is 8.78 Å². The minimum Gasteiger partial charge on any atom is -0.387 e. The lowest BCUT2D eigenvalue weighted by Gasteiger charge is -2.37. The van der Waals surface area contributed by atoms with Crippen LogP contribution in [0.2, 0.25) is 0 Å². The van der Waals surface area contributed by atoms with Gasteiger partial charge in [0.15, 0.2) is 5.82 Å². The van der Waals surface area contributed by atoms with Crippen molar-refractivity contribution in [2.24, 2.45) is 0 Å². The summed E-state index contributed by atoms with van der Waals surface area (Å²) >= 11 is 0. The Morgan fingerprint density at radius 2 is 2.15 bits per heavy atom. The van der Waals surface area contributed by atoms with E-state index < -0.39 is 12.5 Å². The minimum absolute atomic E-state index is 0.0552. The lowest BCUT2D eigenvalue weighted by Crippen LogP contribution is -2.50. The van der Waals surface area contributed by atoms with Crippen LogP contribution in [0.25, 0.3) is 0 Å². The van der Waals surface area contributed by atoms with E-state index in [0.717, 1.165) is 19.6 Å². The van der Waals surface area contributed by atoms with Gasteiger partial charge in [-0.25, -0.2) is 8.78 Å². The van der Waals surface area contributed by atoms with Crippen molar-refractivity contribution in [1.82, 2.24) is 19.9 Å². The van der Waals surface area contributed by atoms with E-state index in [1.807, 2.05) is 7.05 Å². The molecule has 114 valence electrons. The van der Waals surface area contributed by atoms with Gasteiger partial charge in [-0.05, 0) is 14.1 Å². The van der Waals surface area contributed by atoms with E-state index in [4.69, 9.17) is 9.63 Å². The van der Waals surface area contributed by atoms with Crippen LogP contribution in [0.15, 0.2) is 4.52 Å². The normalized spacial score (nSPS) is 23.4. The van der Waals surface area contributed by atoms with Crippen LogP contribution in [0.1, 0.15) is 11.7 Å². The fourth-order valence-electron chi connectivity index (χ4n) is 2.26. The smallest absolute Gasteiger partial charge is 0.264 e. The lowest BCUT2D eigenvalue weighted by atomic mass is 10.1. The first kappa shape index (κ1) is 15.3. The first-order valence-electron chi connectivity index (χ1n) is 6.62. The molecule has 1 aliphatic rings. The molecule has 0 bridgehead atoms. The molecule has 1 N–H and O–H groups in total. The van der Waals surface area contributed by atoms with E-state index in [0.29, 0.717) is 12.2 Å².